The van der Waals surface area contributed by atoms with Crippen LogP contribution < -0.4 is 10.6 Å². The van der Waals surface area contributed by atoms with E-state index < -0.39 is 29.0 Å². The van der Waals surface area contributed by atoms with Gasteiger partial charge in [-0.05, 0) is 36.4 Å². The standard InChI is InChI=1S/C18H10F3N5O/c19-12-5-6-13(17(21)16(12)20)26-18(27)14-8-24-15(9-23-14)25-11-3-1-10(7-22)2-4-11/h1-6,8-9H,(H,24,25)(H,26,27). The van der Waals surface area contributed by atoms with E-state index in [1.54, 1.807) is 24.3 Å². The summed E-state index contributed by atoms with van der Waals surface area (Å²) in [5.41, 5.74) is 0.498. The third-order valence-electron chi connectivity index (χ3n) is 3.45. The quantitative estimate of drug-likeness (QED) is 0.684. The van der Waals surface area contributed by atoms with Crippen LogP contribution >= 0.6 is 0 Å². The average molecular weight is 369 g/mol. The summed E-state index contributed by atoms with van der Waals surface area (Å²) in [4.78, 5) is 20.0. The fourth-order valence-electron chi connectivity index (χ4n) is 2.09. The van der Waals surface area contributed by atoms with Gasteiger partial charge in [0.1, 0.15) is 11.5 Å². The van der Waals surface area contributed by atoms with E-state index in [1.807, 2.05) is 6.07 Å². The minimum atomic E-state index is -1.68. The van der Waals surface area contributed by atoms with Crippen LogP contribution in [-0.2, 0) is 0 Å². The Hall–Kier alpha value is -3.93. The third-order valence-corrected chi connectivity index (χ3v) is 3.45. The zero-order valence-electron chi connectivity index (χ0n) is 13.5. The maximum Gasteiger partial charge on any atom is 0.275 e. The topological polar surface area (TPSA) is 90.7 Å². The first-order valence-electron chi connectivity index (χ1n) is 7.52. The molecule has 0 saturated carbocycles. The highest BCUT2D eigenvalue weighted by molar-refractivity contribution is 6.02. The maximum absolute atomic E-state index is 13.6. The van der Waals surface area contributed by atoms with Gasteiger partial charge >= 0.3 is 0 Å². The van der Waals surface area contributed by atoms with Crippen LogP contribution in [0.2, 0.25) is 0 Å². The molecule has 2 aromatic carbocycles. The molecule has 3 rings (SSSR count). The number of carbonyl (C=O) groups is 1. The van der Waals surface area contributed by atoms with Crippen molar-refractivity contribution in [3.05, 3.63) is 77.5 Å². The van der Waals surface area contributed by atoms with Gasteiger partial charge in [-0.15, -0.1) is 0 Å². The Morgan fingerprint density at radius 2 is 1.70 bits per heavy atom. The molecule has 1 heterocycles. The predicted molar refractivity (Wildman–Crippen MR) is 90.7 cm³/mol. The molecular formula is C18H10F3N5O. The molecule has 0 aliphatic heterocycles. The smallest absolute Gasteiger partial charge is 0.275 e. The van der Waals surface area contributed by atoms with Gasteiger partial charge in [-0.25, -0.2) is 23.1 Å². The molecule has 0 bridgehead atoms. The van der Waals surface area contributed by atoms with Gasteiger partial charge < -0.3 is 10.6 Å². The summed E-state index contributed by atoms with van der Waals surface area (Å²) >= 11 is 0. The lowest BCUT2D eigenvalue weighted by Gasteiger charge is -2.08. The average Bonchev–Trinajstić information content (AvgIpc) is 2.69. The van der Waals surface area contributed by atoms with Gasteiger partial charge in [0.15, 0.2) is 17.5 Å². The van der Waals surface area contributed by atoms with Gasteiger partial charge in [0, 0.05) is 5.69 Å². The van der Waals surface area contributed by atoms with Gasteiger partial charge in [0.2, 0.25) is 0 Å². The molecule has 0 aliphatic rings. The van der Waals surface area contributed by atoms with Crippen molar-refractivity contribution in [3.63, 3.8) is 0 Å². The highest BCUT2D eigenvalue weighted by atomic mass is 19.2. The number of rotatable bonds is 4. The van der Waals surface area contributed by atoms with Crippen molar-refractivity contribution < 1.29 is 18.0 Å². The van der Waals surface area contributed by atoms with E-state index >= 15 is 0 Å². The van der Waals surface area contributed by atoms with Crippen molar-refractivity contribution in [2.45, 2.75) is 0 Å². The highest BCUT2D eigenvalue weighted by Crippen LogP contribution is 2.20. The van der Waals surface area contributed by atoms with Crippen LogP contribution in [0, 0.1) is 28.8 Å². The number of halogens is 3. The van der Waals surface area contributed by atoms with Crippen molar-refractivity contribution in [1.82, 2.24) is 9.97 Å². The molecule has 3 aromatic rings. The van der Waals surface area contributed by atoms with Crippen molar-refractivity contribution in [1.29, 1.82) is 5.26 Å². The minimum Gasteiger partial charge on any atom is -0.339 e. The Kier molecular flexibility index (Phi) is 4.99. The van der Waals surface area contributed by atoms with E-state index in [1.165, 1.54) is 6.20 Å². The number of carbonyl (C=O) groups excluding carboxylic acids is 1. The van der Waals surface area contributed by atoms with Gasteiger partial charge in [-0.2, -0.15) is 5.26 Å². The molecule has 0 saturated heterocycles. The summed E-state index contributed by atoms with van der Waals surface area (Å²) in [5.74, 6) is -5.05. The summed E-state index contributed by atoms with van der Waals surface area (Å²) in [6.45, 7) is 0. The first-order chi connectivity index (χ1) is 13.0. The van der Waals surface area contributed by atoms with Crippen LogP contribution in [0.3, 0.4) is 0 Å². The van der Waals surface area contributed by atoms with E-state index in [0.29, 0.717) is 23.1 Å². The molecule has 1 amide bonds. The van der Waals surface area contributed by atoms with Gasteiger partial charge in [-0.1, -0.05) is 0 Å². The largest absolute Gasteiger partial charge is 0.339 e. The van der Waals surface area contributed by atoms with Gasteiger partial charge in [0.25, 0.3) is 5.91 Å². The molecular weight excluding hydrogens is 359 g/mol. The van der Waals surface area contributed by atoms with Crippen LogP contribution in [0.15, 0.2) is 48.8 Å². The monoisotopic (exact) mass is 369 g/mol. The normalized spacial score (nSPS) is 10.1. The van der Waals surface area contributed by atoms with Crippen LogP contribution in [0.4, 0.5) is 30.4 Å². The lowest BCUT2D eigenvalue weighted by Crippen LogP contribution is -2.16. The van der Waals surface area contributed by atoms with Crippen molar-refractivity contribution in [3.8, 4) is 6.07 Å². The highest BCUT2D eigenvalue weighted by Gasteiger charge is 2.16. The Balaban J connectivity index is 1.70. The van der Waals surface area contributed by atoms with E-state index in [9.17, 15) is 18.0 Å². The van der Waals surface area contributed by atoms with Crippen LogP contribution in [0.25, 0.3) is 0 Å². The van der Waals surface area contributed by atoms with Crippen LogP contribution in [0.5, 0.6) is 0 Å². The second-order valence-electron chi connectivity index (χ2n) is 5.28. The van der Waals surface area contributed by atoms with E-state index in [-0.39, 0.29) is 5.69 Å². The molecule has 1 aromatic heterocycles. The van der Waals surface area contributed by atoms with Crippen LogP contribution in [-0.4, -0.2) is 15.9 Å². The molecule has 2 N–H and O–H groups in total. The van der Waals surface area contributed by atoms with Gasteiger partial charge in [-0.3, -0.25) is 4.79 Å². The molecule has 0 atom stereocenters. The second kappa shape index (κ2) is 7.53. The van der Waals surface area contributed by atoms with Crippen LogP contribution in [0.1, 0.15) is 16.1 Å². The number of anilines is 3. The van der Waals surface area contributed by atoms with Gasteiger partial charge in [0.05, 0.1) is 29.7 Å². The lowest BCUT2D eigenvalue weighted by atomic mass is 10.2. The van der Waals surface area contributed by atoms with Crippen molar-refractivity contribution >= 4 is 23.1 Å². The Morgan fingerprint density at radius 1 is 0.963 bits per heavy atom. The molecule has 134 valence electrons. The fraction of sp³-hybridized carbons (Fsp3) is 0. The number of hydrogen-bond donors (Lipinski definition) is 2. The van der Waals surface area contributed by atoms with E-state index in [4.69, 9.17) is 5.26 Å². The molecule has 6 nitrogen and oxygen atoms in total. The first kappa shape index (κ1) is 17.9. The second-order valence-corrected chi connectivity index (χ2v) is 5.28. The zero-order valence-corrected chi connectivity index (χ0v) is 13.5. The summed E-state index contributed by atoms with van der Waals surface area (Å²) in [7, 11) is 0. The van der Waals surface area contributed by atoms with E-state index in [2.05, 4.69) is 20.6 Å². The number of hydrogen-bond acceptors (Lipinski definition) is 5. The molecule has 0 fully saturated rings. The summed E-state index contributed by atoms with van der Waals surface area (Å²) in [6, 6.07) is 10.2. The molecule has 0 radical (unpaired) electrons. The minimum absolute atomic E-state index is 0.149. The molecule has 0 spiro atoms. The Labute approximate surface area is 151 Å². The number of nitrogens with one attached hydrogen (secondary N) is 2. The molecule has 9 heteroatoms. The number of aromatic nitrogens is 2. The first-order valence-corrected chi connectivity index (χ1v) is 7.52. The summed E-state index contributed by atoms with van der Waals surface area (Å²) in [5, 5.41) is 13.8. The molecule has 0 unspecified atom stereocenters. The Bertz CT molecular complexity index is 1030. The molecule has 27 heavy (non-hydrogen) atoms. The molecule has 0 aliphatic carbocycles. The number of benzene rings is 2. The van der Waals surface area contributed by atoms with Crippen molar-refractivity contribution in [2.75, 3.05) is 10.6 Å². The van der Waals surface area contributed by atoms with Crippen molar-refractivity contribution in [2.24, 2.45) is 0 Å². The lowest BCUT2D eigenvalue weighted by molar-refractivity contribution is 0.102. The summed E-state index contributed by atoms with van der Waals surface area (Å²) < 4.78 is 39.7. The zero-order chi connectivity index (χ0) is 19.4. The van der Waals surface area contributed by atoms with E-state index in [0.717, 1.165) is 12.3 Å². The maximum atomic E-state index is 13.6. The fourth-order valence-corrected chi connectivity index (χ4v) is 2.09. The number of amides is 1. The SMILES string of the molecule is N#Cc1ccc(Nc2cnc(C(=O)Nc3ccc(F)c(F)c3F)cn2)cc1. The Morgan fingerprint density at radius 3 is 2.33 bits per heavy atom. The number of nitriles is 1. The predicted octanol–water partition coefficient (Wildman–Crippen LogP) is 3.76. The third kappa shape index (κ3) is 4.01. The summed E-state index contributed by atoms with van der Waals surface area (Å²) in [6.07, 6.45) is 2.41. The number of nitrogens with zero attached hydrogens (tertiary/aromatic N) is 3.